The van der Waals surface area contributed by atoms with Crippen LogP contribution >= 0.6 is 11.3 Å². The van der Waals surface area contributed by atoms with Crippen LogP contribution in [0.15, 0.2) is 11.6 Å². The van der Waals surface area contributed by atoms with Gasteiger partial charge in [-0.2, -0.15) is 0 Å². The standard InChI is InChI=1S/C16H26N4O5S/c1-11(21)20(24)12(13(22)19-14-17-9-10-26-14)7-5-6-8-18-15(23)25-16(2,3)4/h9-10,12,24H,5-8H2,1-4H3,(H,18,23)(H,17,19,22). The first-order valence-electron chi connectivity index (χ1n) is 8.26. The summed E-state index contributed by atoms with van der Waals surface area (Å²) in [4.78, 5) is 39.2. The smallest absolute Gasteiger partial charge is 0.407 e. The number of alkyl carbamates (subject to hydrolysis) is 1. The fraction of sp³-hybridized carbons (Fsp3) is 0.625. The van der Waals surface area contributed by atoms with Gasteiger partial charge in [0.2, 0.25) is 5.91 Å². The van der Waals surface area contributed by atoms with E-state index >= 15 is 0 Å². The van der Waals surface area contributed by atoms with E-state index in [0.29, 0.717) is 29.6 Å². The Bertz CT molecular complexity index is 600. The van der Waals surface area contributed by atoms with Gasteiger partial charge in [0, 0.05) is 25.0 Å². The van der Waals surface area contributed by atoms with Gasteiger partial charge < -0.3 is 15.4 Å². The second kappa shape index (κ2) is 10.1. The highest BCUT2D eigenvalue weighted by molar-refractivity contribution is 7.13. The number of nitrogens with one attached hydrogen (secondary N) is 2. The molecule has 3 amide bonds. The van der Waals surface area contributed by atoms with E-state index in [9.17, 15) is 19.6 Å². The summed E-state index contributed by atoms with van der Waals surface area (Å²) in [7, 11) is 0. The van der Waals surface area contributed by atoms with Crippen molar-refractivity contribution in [1.29, 1.82) is 0 Å². The quantitative estimate of drug-likeness (QED) is 0.358. The van der Waals surface area contributed by atoms with E-state index in [2.05, 4.69) is 15.6 Å². The molecule has 9 nitrogen and oxygen atoms in total. The molecular weight excluding hydrogens is 360 g/mol. The summed E-state index contributed by atoms with van der Waals surface area (Å²) >= 11 is 1.24. The first kappa shape index (κ1) is 21.8. The Morgan fingerprint density at radius 1 is 1.35 bits per heavy atom. The lowest BCUT2D eigenvalue weighted by Gasteiger charge is -2.23. The Morgan fingerprint density at radius 3 is 2.58 bits per heavy atom. The van der Waals surface area contributed by atoms with Gasteiger partial charge in [-0.15, -0.1) is 11.3 Å². The molecule has 0 aliphatic carbocycles. The minimum absolute atomic E-state index is 0.239. The molecule has 1 rings (SSSR count). The topological polar surface area (TPSA) is 121 Å². The zero-order valence-electron chi connectivity index (χ0n) is 15.4. The Hall–Kier alpha value is -2.20. The molecule has 0 radical (unpaired) electrons. The number of unbranched alkanes of at least 4 members (excludes halogenated alkanes) is 1. The number of hydrogen-bond acceptors (Lipinski definition) is 7. The average Bonchev–Trinajstić information content (AvgIpc) is 3.01. The monoisotopic (exact) mass is 386 g/mol. The van der Waals surface area contributed by atoms with Crippen LogP contribution in [0.3, 0.4) is 0 Å². The molecule has 10 heteroatoms. The lowest BCUT2D eigenvalue weighted by Crippen LogP contribution is -2.44. The number of carbonyl (C=O) groups excluding carboxylic acids is 3. The van der Waals surface area contributed by atoms with Crippen molar-refractivity contribution in [3.05, 3.63) is 11.6 Å². The number of thiazole rings is 1. The van der Waals surface area contributed by atoms with E-state index in [1.165, 1.54) is 18.3 Å². The number of carbonyl (C=O) groups is 3. The van der Waals surface area contributed by atoms with Crippen LogP contribution in [-0.4, -0.2) is 51.3 Å². The number of rotatable bonds is 8. The van der Waals surface area contributed by atoms with Gasteiger partial charge >= 0.3 is 6.09 Å². The molecule has 0 spiro atoms. The maximum atomic E-state index is 12.3. The van der Waals surface area contributed by atoms with E-state index in [4.69, 9.17) is 4.74 Å². The summed E-state index contributed by atoms with van der Waals surface area (Å²) in [5.41, 5.74) is -0.567. The number of anilines is 1. The predicted octanol–water partition coefficient (Wildman–Crippen LogP) is 2.38. The van der Waals surface area contributed by atoms with E-state index < -0.39 is 29.6 Å². The van der Waals surface area contributed by atoms with Gasteiger partial charge in [0.25, 0.3) is 5.91 Å². The van der Waals surface area contributed by atoms with Crippen molar-refractivity contribution in [1.82, 2.24) is 15.4 Å². The third-order valence-corrected chi connectivity index (χ3v) is 3.84. The van der Waals surface area contributed by atoms with Crippen LogP contribution in [0.1, 0.15) is 47.0 Å². The van der Waals surface area contributed by atoms with Crippen LogP contribution in [0.4, 0.5) is 9.93 Å². The first-order valence-corrected chi connectivity index (χ1v) is 9.14. The summed E-state index contributed by atoms with van der Waals surface area (Å²) in [6.45, 7) is 6.86. The molecule has 1 aromatic rings. The lowest BCUT2D eigenvalue weighted by molar-refractivity contribution is -0.176. The molecule has 1 unspecified atom stereocenters. The number of ether oxygens (including phenoxy) is 1. The Labute approximate surface area is 156 Å². The zero-order chi connectivity index (χ0) is 19.7. The largest absolute Gasteiger partial charge is 0.444 e. The number of nitrogens with zero attached hydrogens (tertiary/aromatic N) is 2. The summed E-state index contributed by atoms with van der Waals surface area (Å²) in [5.74, 6) is -1.14. The molecule has 26 heavy (non-hydrogen) atoms. The van der Waals surface area contributed by atoms with Crippen LogP contribution < -0.4 is 10.6 Å². The van der Waals surface area contributed by atoms with E-state index in [1.54, 1.807) is 32.3 Å². The van der Waals surface area contributed by atoms with Gasteiger partial charge in [-0.1, -0.05) is 0 Å². The first-order chi connectivity index (χ1) is 12.1. The molecule has 1 heterocycles. The van der Waals surface area contributed by atoms with Crippen LogP contribution in [0, 0.1) is 0 Å². The molecule has 1 atom stereocenters. The molecular formula is C16H26N4O5S. The lowest BCUT2D eigenvalue weighted by atomic mass is 10.1. The molecule has 0 aliphatic rings. The van der Waals surface area contributed by atoms with Crippen molar-refractivity contribution >= 4 is 34.4 Å². The normalized spacial score (nSPS) is 12.2. The van der Waals surface area contributed by atoms with Crippen LogP contribution in [0.25, 0.3) is 0 Å². The Balaban J connectivity index is 2.45. The van der Waals surface area contributed by atoms with E-state index in [-0.39, 0.29) is 6.42 Å². The number of amides is 3. The molecule has 0 bridgehead atoms. The van der Waals surface area contributed by atoms with Crippen molar-refractivity contribution in [2.45, 2.75) is 58.6 Å². The minimum atomic E-state index is -1.03. The number of hydroxylamine groups is 2. The molecule has 0 saturated heterocycles. The molecule has 1 aromatic heterocycles. The fourth-order valence-corrected chi connectivity index (χ4v) is 2.56. The molecule has 3 N–H and O–H groups in total. The van der Waals surface area contributed by atoms with Crippen molar-refractivity contribution in [3.63, 3.8) is 0 Å². The second-order valence-electron chi connectivity index (χ2n) is 6.63. The highest BCUT2D eigenvalue weighted by atomic mass is 32.1. The number of hydrogen-bond donors (Lipinski definition) is 3. The Morgan fingerprint density at radius 2 is 2.04 bits per heavy atom. The maximum absolute atomic E-state index is 12.3. The summed E-state index contributed by atoms with van der Waals surface area (Å²) in [5, 5.41) is 17.6. The van der Waals surface area contributed by atoms with Crippen LogP contribution in [0.2, 0.25) is 0 Å². The predicted molar refractivity (Wildman–Crippen MR) is 96.9 cm³/mol. The molecule has 0 fully saturated rings. The highest BCUT2D eigenvalue weighted by Gasteiger charge is 2.27. The van der Waals surface area contributed by atoms with Crippen molar-refractivity contribution in [2.75, 3.05) is 11.9 Å². The van der Waals surface area contributed by atoms with Crippen molar-refractivity contribution in [3.8, 4) is 0 Å². The SMILES string of the molecule is CC(=O)N(O)C(CCCCNC(=O)OC(C)(C)C)C(=O)Nc1nccs1. The van der Waals surface area contributed by atoms with Gasteiger partial charge in [0.05, 0.1) is 0 Å². The van der Waals surface area contributed by atoms with Gasteiger partial charge in [-0.25, -0.2) is 14.8 Å². The second-order valence-corrected chi connectivity index (χ2v) is 7.52. The van der Waals surface area contributed by atoms with Crippen LogP contribution in [0.5, 0.6) is 0 Å². The Kier molecular flexibility index (Phi) is 8.46. The summed E-state index contributed by atoms with van der Waals surface area (Å²) in [6, 6.07) is -1.03. The van der Waals surface area contributed by atoms with E-state index in [0.717, 1.165) is 0 Å². The van der Waals surface area contributed by atoms with Gasteiger partial charge in [0.15, 0.2) is 5.13 Å². The molecule has 0 saturated carbocycles. The van der Waals surface area contributed by atoms with Gasteiger partial charge in [-0.05, 0) is 40.0 Å². The van der Waals surface area contributed by atoms with E-state index in [1.807, 2.05) is 0 Å². The summed E-state index contributed by atoms with van der Waals surface area (Å²) < 4.78 is 5.12. The van der Waals surface area contributed by atoms with Crippen LogP contribution in [-0.2, 0) is 14.3 Å². The van der Waals surface area contributed by atoms with Gasteiger partial charge in [0.1, 0.15) is 11.6 Å². The molecule has 146 valence electrons. The van der Waals surface area contributed by atoms with Crippen molar-refractivity contribution < 1.29 is 24.3 Å². The maximum Gasteiger partial charge on any atom is 0.407 e. The minimum Gasteiger partial charge on any atom is -0.444 e. The zero-order valence-corrected chi connectivity index (χ0v) is 16.3. The fourth-order valence-electron chi connectivity index (χ4n) is 2.03. The van der Waals surface area contributed by atoms with Gasteiger partial charge in [-0.3, -0.25) is 14.8 Å². The molecule has 0 aromatic carbocycles. The highest BCUT2D eigenvalue weighted by Crippen LogP contribution is 2.14. The average molecular weight is 386 g/mol. The molecule has 0 aliphatic heterocycles. The third kappa shape index (κ3) is 8.26. The van der Waals surface area contributed by atoms with Crippen molar-refractivity contribution in [2.24, 2.45) is 0 Å². The number of aromatic nitrogens is 1. The summed E-state index contributed by atoms with van der Waals surface area (Å²) in [6.07, 6.45) is 2.34. The third-order valence-electron chi connectivity index (χ3n) is 3.16.